The zero-order valence-corrected chi connectivity index (χ0v) is 38.6. The molecule has 0 heterocycles. The summed E-state index contributed by atoms with van der Waals surface area (Å²) in [6.07, 6.45) is 4.91. The van der Waals surface area contributed by atoms with E-state index in [1.54, 1.807) is 0 Å². The normalized spacial score (nSPS) is 18.0. The van der Waals surface area contributed by atoms with Gasteiger partial charge in [-0.25, -0.2) is 0 Å². The summed E-state index contributed by atoms with van der Waals surface area (Å²) in [5, 5.41) is 0. The summed E-state index contributed by atoms with van der Waals surface area (Å²) >= 11 is -5.04. The van der Waals surface area contributed by atoms with E-state index in [1.165, 1.54) is 83.5 Å². The van der Waals surface area contributed by atoms with Gasteiger partial charge in [0.25, 0.3) is 0 Å². The van der Waals surface area contributed by atoms with Crippen LogP contribution in [0.2, 0.25) is 13.1 Å². The first-order valence-corrected chi connectivity index (χ1v) is 35.6. The van der Waals surface area contributed by atoms with Crippen LogP contribution in [0.15, 0.2) is 109 Å². The summed E-state index contributed by atoms with van der Waals surface area (Å²) in [6.45, 7) is 25.4. The van der Waals surface area contributed by atoms with Gasteiger partial charge in [0.05, 0.1) is 0 Å². The molecule has 7 rings (SSSR count). The minimum atomic E-state index is -5.04. The Balaban J connectivity index is 1.46. The zero-order valence-electron chi connectivity index (χ0n) is 33.5. The van der Waals surface area contributed by atoms with Gasteiger partial charge in [-0.05, 0) is 0 Å². The molecule has 0 saturated heterocycles. The molecule has 0 amide bonds. The first kappa shape index (κ1) is 38.5. The van der Waals surface area contributed by atoms with Crippen LogP contribution in [0.4, 0.5) is 0 Å². The fourth-order valence-electron chi connectivity index (χ4n) is 9.30. The Hall–Kier alpha value is -2.74. The molecule has 5 aromatic carbocycles. The molecule has 0 radical (unpaired) electrons. The van der Waals surface area contributed by atoms with Crippen LogP contribution < -0.4 is 0 Å². The van der Waals surface area contributed by atoms with Crippen LogP contribution in [-0.2, 0) is 26.4 Å². The van der Waals surface area contributed by atoms with Gasteiger partial charge in [0.15, 0.2) is 0 Å². The third kappa shape index (κ3) is 6.39. The molecule has 0 fully saturated rings. The van der Waals surface area contributed by atoms with E-state index in [0.717, 1.165) is 0 Å². The van der Waals surface area contributed by atoms with Gasteiger partial charge in [-0.2, -0.15) is 0 Å². The molecule has 0 bridgehead atoms. The molecular weight excluding hydrogens is 779 g/mol. The van der Waals surface area contributed by atoms with Crippen molar-refractivity contribution in [1.29, 1.82) is 0 Å². The van der Waals surface area contributed by atoms with Gasteiger partial charge in [-0.15, -0.1) is 0 Å². The number of hydrogen-bond acceptors (Lipinski definition) is 0. The Kier molecular flexibility index (Phi) is 9.80. The molecule has 0 saturated carbocycles. The number of benzene rings is 5. The van der Waals surface area contributed by atoms with Crippen molar-refractivity contribution in [2.45, 2.75) is 93.5 Å². The molecule has 0 aromatic heterocycles. The molecule has 0 nitrogen and oxygen atoms in total. The Morgan fingerprint density at radius 3 is 1.58 bits per heavy atom. The molecule has 0 N–H and O–H groups in total. The number of hydrogen-bond donors (Lipinski definition) is 0. The van der Waals surface area contributed by atoms with Crippen LogP contribution >= 0.6 is 17.0 Å². The number of allylic oxidation sites excluding steroid dienone is 2. The van der Waals surface area contributed by atoms with Crippen LogP contribution in [0, 0.1) is 13.8 Å². The topological polar surface area (TPSA) is 0 Å². The summed E-state index contributed by atoms with van der Waals surface area (Å²) in [6, 6.07) is 38.7. The van der Waals surface area contributed by atoms with Crippen molar-refractivity contribution in [2.75, 3.05) is 0 Å². The van der Waals surface area contributed by atoms with E-state index < -0.39 is 21.5 Å². The molecular formula is C49H55Cl2SiZr. The van der Waals surface area contributed by atoms with E-state index in [4.69, 9.17) is 17.0 Å². The predicted octanol–water partition coefficient (Wildman–Crippen LogP) is 15.0. The van der Waals surface area contributed by atoms with Crippen molar-refractivity contribution >= 4 is 40.7 Å². The van der Waals surface area contributed by atoms with Crippen molar-refractivity contribution < 1.29 is 15.6 Å². The maximum absolute atomic E-state index is 8.86. The summed E-state index contributed by atoms with van der Waals surface area (Å²) in [5.41, 5.74) is 19.6. The SMILES string of the molecule is CC1=Cc2c(-c3ccc(C(C)(C)C)cc3)ccc(C)c2[CH]1[Zr]([Cl])([Cl])([CH]1C(c2ccccc2C)=Cc2c(-c3ccc(C(C)(C)C)cc3)cccc21)[SiH](C)C. The van der Waals surface area contributed by atoms with Gasteiger partial charge in [0.1, 0.15) is 0 Å². The number of halogens is 2. The molecule has 0 spiro atoms. The Labute approximate surface area is 328 Å². The van der Waals surface area contributed by atoms with E-state index in [0.29, 0.717) is 0 Å². The van der Waals surface area contributed by atoms with Crippen molar-refractivity contribution in [2.24, 2.45) is 0 Å². The van der Waals surface area contributed by atoms with Gasteiger partial charge in [0, 0.05) is 0 Å². The number of fused-ring (bicyclic) bond motifs is 2. The molecule has 0 aliphatic heterocycles. The monoisotopic (exact) mass is 831 g/mol. The molecule has 2 unspecified atom stereocenters. The van der Waals surface area contributed by atoms with Crippen LogP contribution in [0.25, 0.3) is 40.0 Å². The second kappa shape index (κ2) is 13.5. The van der Waals surface area contributed by atoms with E-state index in [2.05, 4.69) is 191 Å². The zero-order chi connectivity index (χ0) is 38.3. The van der Waals surface area contributed by atoms with Crippen molar-refractivity contribution in [3.8, 4) is 22.3 Å². The average Bonchev–Trinajstić information content (AvgIpc) is 3.68. The molecule has 2 aliphatic rings. The Bertz CT molecular complexity index is 2290. The molecule has 5 aromatic rings. The third-order valence-corrected chi connectivity index (χ3v) is 64.3. The number of aryl methyl sites for hydroxylation is 2. The fourth-order valence-corrected chi connectivity index (χ4v) is 40.8. The Morgan fingerprint density at radius 2 is 1.06 bits per heavy atom. The molecule has 53 heavy (non-hydrogen) atoms. The first-order valence-electron chi connectivity index (χ1n) is 19.3. The van der Waals surface area contributed by atoms with Crippen LogP contribution in [0.5, 0.6) is 0 Å². The van der Waals surface area contributed by atoms with Crippen molar-refractivity contribution in [3.05, 3.63) is 159 Å². The van der Waals surface area contributed by atoms with Gasteiger partial charge >= 0.3 is 331 Å². The van der Waals surface area contributed by atoms with Crippen LogP contribution in [0.3, 0.4) is 0 Å². The quantitative estimate of drug-likeness (QED) is 0.150. The number of rotatable bonds is 6. The molecule has 4 heteroatoms. The van der Waals surface area contributed by atoms with Crippen LogP contribution in [-0.4, -0.2) is 5.92 Å². The van der Waals surface area contributed by atoms with Gasteiger partial charge in [-0.3, -0.25) is 0 Å². The van der Waals surface area contributed by atoms with E-state index in [1.807, 2.05) is 0 Å². The van der Waals surface area contributed by atoms with Gasteiger partial charge < -0.3 is 0 Å². The molecule has 2 atom stereocenters. The fraction of sp³-hybridized carbons (Fsp3) is 0.306. The van der Waals surface area contributed by atoms with E-state index in [-0.39, 0.29) is 18.1 Å². The standard InChI is InChI=1S/C26H25.C21H23.C2H7Si.2ClH.Zr/c1-18-8-5-6-10-23(18)21-16-20-9-7-11-24(25(20)17-21)19-12-14-22(15-13-19)26(2,3)4;1-14-12-19-15(2)6-11-18(20(19)13-14)16-7-9-17(10-8-16)21(3,4)5;1-3-2;;;/h5-17H,1-4H3;6-13H,1-5H3;3H,1-2H3;2*1H;/q;;;;;+2/p-2. The minimum absolute atomic E-state index is 0.0216. The summed E-state index contributed by atoms with van der Waals surface area (Å²) < 4.78 is -0.0157. The summed E-state index contributed by atoms with van der Waals surface area (Å²) in [4.78, 5) is 0. The summed E-state index contributed by atoms with van der Waals surface area (Å²) in [5.74, 6) is -1.75. The second-order valence-electron chi connectivity index (χ2n) is 18.3. The second-order valence-corrected chi connectivity index (χ2v) is 60.8. The van der Waals surface area contributed by atoms with Crippen molar-refractivity contribution in [3.63, 3.8) is 0 Å². The van der Waals surface area contributed by atoms with Gasteiger partial charge in [-0.1, -0.05) is 0 Å². The van der Waals surface area contributed by atoms with Crippen molar-refractivity contribution in [1.82, 2.24) is 0 Å². The third-order valence-electron chi connectivity index (χ3n) is 12.5. The van der Waals surface area contributed by atoms with Crippen LogP contribution in [0.1, 0.15) is 106 Å². The maximum atomic E-state index is 8.86. The average molecular weight is 834 g/mol. The van der Waals surface area contributed by atoms with Gasteiger partial charge in [0.2, 0.25) is 0 Å². The van der Waals surface area contributed by atoms with E-state index in [9.17, 15) is 0 Å². The first-order chi connectivity index (χ1) is 24.8. The Morgan fingerprint density at radius 1 is 0.528 bits per heavy atom. The summed E-state index contributed by atoms with van der Waals surface area (Å²) in [7, 11) is 17.7. The predicted molar refractivity (Wildman–Crippen MR) is 235 cm³/mol. The molecule has 273 valence electrons. The molecule has 2 aliphatic carbocycles. The van der Waals surface area contributed by atoms with E-state index >= 15 is 0 Å².